The smallest absolute Gasteiger partial charge is 0.192 e. The Kier molecular flexibility index (Phi) is 8.08. The Morgan fingerprint density at radius 3 is 2.03 bits per heavy atom. The Balaban J connectivity index is 2.25. The number of aliphatic hydroxyl groups is 1. The van der Waals surface area contributed by atoms with Crippen LogP contribution in [0, 0.1) is 0 Å². The van der Waals surface area contributed by atoms with Crippen molar-refractivity contribution >= 4 is 16.6 Å². The molecule has 1 aliphatic heterocycles. The molecule has 0 amide bonds. The Labute approximate surface area is 192 Å². The molecule has 0 fully saturated rings. The first-order chi connectivity index (χ1) is 14.0. The molecule has 2 rings (SSSR count). The van der Waals surface area contributed by atoms with Gasteiger partial charge in [0.15, 0.2) is 16.6 Å². The molecule has 3 atom stereocenters. The third kappa shape index (κ3) is 6.78. The van der Waals surface area contributed by atoms with Crippen molar-refractivity contribution in [2.24, 2.45) is 0 Å². The van der Waals surface area contributed by atoms with Crippen molar-refractivity contribution < 1.29 is 18.7 Å². The predicted octanol–water partition coefficient (Wildman–Crippen LogP) is 6.81. The van der Waals surface area contributed by atoms with Crippen LogP contribution in [0.5, 0.6) is 0 Å². The van der Waals surface area contributed by atoms with Crippen molar-refractivity contribution in [3.05, 3.63) is 47.7 Å². The summed E-state index contributed by atoms with van der Waals surface area (Å²) in [6.45, 7) is 23.1. The Morgan fingerprint density at radius 1 is 0.968 bits per heavy atom. The van der Waals surface area contributed by atoms with Crippen molar-refractivity contribution in [3.63, 3.8) is 0 Å². The molecule has 1 heterocycles. The summed E-state index contributed by atoms with van der Waals surface area (Å²) < 4.78 is 19.5. The zero-order valence-electron chi connectivity index (χ0n) is 21.3. The van der Waals surface area contributed by atoms with Crippen molar-refractivity contribution in [1.82, 2.24) is 0 Å². The lowest BCUT2D eigenvalue weighted by Crippen LogP contribution is -2.47. The highest BCUT2D eigenvalue weighted by Gasteiger charge is 2.42. The van der Waals surface area contributed by atoms with E-state index >= 15 is 0 Å². The summed E-state index contributed by atoms with van der Waals surface area (Å²) in [5, 5.41) is 11.3. The van der Waals surface area contributed by atoms with Crippen LogP contribution in [-0.2, 0) is 13.6 Å². The summed E-state index contributed by atoms with van der Waals surface area (Å²) in [5.74, 6) is 0.574. The minimum atomic E-state index is -1.97. The average molecular weight is 465 g/mol. The largest absolute Gasteiger partial charge is 0.489 e. The number of hydrogen-bond donors (Lipinski definition) is 1. The van der Waals surface area contributed by atoms with Crippen LogP contribution in [0.4, 0.5) is 0 Å². The van der Waals surface area contributed by atoms with Crippen LogP contribution in [-0.4, -0.2) is 40.6 Å². The van der Waals surface area contributed by atoms with Crippen molar-refractivity contribution in [2.75, 3.05) is 6.61 Å². The van der Waals surface area contributed by atoms with Crippen LogP contribution < -0.4 is 0 Å². The molecule has 4 nitrogen and oxygen atoms in total. The molecule has 1 aromatic rings. The van der Waals surface area contributed by atoms with Crippen LogP contribution in [0.3, 0.4) is 0 Å². The van der Waals surface area contributed by atoms with Crippen molar-refractivity contribution in [3.8, 4) is 0 Å². The molecule has 0 radical (unpaired) electrons. The highest BCUT2D eigenvalue weighted by atomic mass is 28.4. The summed E-state index contributed by atoms with van der Waals surface area (Å²) in [6.07, 6.45) is 1.70. The van der Waals surface area contributed by atoms with E-state index in [0.29, 0.717) is 12.4 Å². The van der Waals surface area contributed by atoms with Gasteiger partial charge in [-0.1, -0.05) is 71.9 Å². The van der Waals surface area contributed by atoms with Gasteiger partial charge in [-0.3, -0.25) is 0 Å². The number of benzene rings is 1. The molecule has 1 N–H and O–H groups in total. The highest BCUT2D eigenvalue weighted by Crippen LogP contribution is 2.40. The van der Waals surface area contributed by atoms with Crippen LogP contribution >= 0.6 is 0 Å². The number of rotatable bonds is 7. The molecule has 1 aromatic carbocycles. The first-order valence-electron chi connectivity index (χ1n) is 11.5. The van der Waals surface area contributed by atoms with E-state index in [4.69, 9.17) is 13.6 Å². The van der Waals surface area contributed by atoms with E-state index in [9.17, 15) is 5.11 Å². The second kappa shape index (κ2) is 9.51. The summed E-state index contributed by atoms with van der Waals surface area (Å²) in [7, 11) is -3.86. The van der Waals surface area contributed by atoms with Gasteiger partial charge in [0.25, 0.3) is 0 Å². The van der Waals surface area contributed by atoms with E-state index < -0.39 is 22.7 Å². The molecule has 0 spiro atoms. The minimum absolute atomic E-state index is 0.0870. The molecule has 0 unspecified atom stereocenters. The van der Waals surface area contributed by atoms with Gasteiger partial charge in [0.2, 0.25) is 0 Å². The fraction of sp³-hybridized carbons (Fsp3) is 0.680. The normalized spacial score (nSPS) is 22.0. The van der Waals surface area contributed by atoms with E-state index in [2.05, 4.69) is 67.7 Å². The number of aliphatic hydroxyl groups excluding tert-OH is 1. The summed E-state index contributed by atoms with van der Waals surface area (Å²) >= 11 is 0. The third-order valence-electron chi connectivity index (χ3n) is 7.22. The molecule has 1 aliphatic rings. The molecular formula is C25H44O4Si2. The standard InChI is InChI=1S/C25H44O4Si2/c1-24(2,3)30(7,8)27-18-21-16-20(29-31(9,10)25(4,5)6)17-22(28-21)23(26)19-14-12-11-13-15-19/h11-15,17,20-21,23,26H,16,18H2,1-10H3/t20-,21-,23+/m0/s1. The van der Waals surface area contributed by atoms with Gasteiger partial charge in [-0.05, 0) is 47.9 Å². The first kappa shape index (κ1) is 26.3. The molecule has 176 valence electrons. The van der Waals surface area contributed by atoms with Crippen LogP contribution in [0.1, 0.15) is 59.6 Å². The molecule has 0 bridgehead atoms. The maximum absolute atomic E-state index is 11.0. The van der Waals surface area contributed by atoms with Gasteiger partial charge in [0.1, 0.15) is 18.0 Å². The van der Waals surface area contributed by atoms with Gasteiger partial charge >= 0.3 is 0 Å². The van der Waals surface area contributed by atoms with Gasteiger partial charge < -0.3 is 18.7 Å². The maximum Gasteiger partial charge on any atom is 0.192 e. The second-order valence-corrected chi connectivity index (χ2v) is 21.4. The molecule has 6 heteroatoms. The van der Waals surface area contributed by atoms with E-state index in [1.165, 1.54) is 0 Å². The lowest BCUT2D eigenvalue weighted by atomic mass is 10.0. The molecule has 0 saturated heterocycles. The Hall–Kier alpha value is -0.926. The van der Waals surface area contributed by atoms with Crippen molar-refractivity contribution in [1.29, 1.82) is 0 Å². The lowest BCUT2D eigenvalue weighted by Gasteiger charge is -2.42. The van der Waals surface area contributed by atoms with E-state index in [1.54, 1.807) is 0 Å². The topological polar surface area (TPSA) is 47.9 Å². The quantitative estimate of drug-likeness (QED) is 0.450. The van der Waals surface area contributed by atoms with Gasteiger partial charge in [0, 0.05) is 6.42 Å². The van der Waals surface area contributed by atoms with Gasteiger partial charge in [-0.15, -0.1) is 0 Å². The third-order valence-corrected chi connectivity index (χ3v) is 16.2. The molecular weight excluding hydrogens is 420 g/mol. The predicted molar refractivity (Wildman–Crippen MR) is 134 cm³/mol. The maximum atomic E-state index is 11.0. The fourth-order valence-corrected chi connectivity index (χ4v) is 5.31. The summed E-state index contributed by atoms with van der Waals surface area (Å²) in [5.41, 5.74) is 0.825. The zero-order valence-corrected chi connectivity index (χ0v) is 23.3. The monoisotopic (exact) mass is 464 g/mol. The van der Waals surface area contributed by atoms with Gasteiger partial charge in [0.05, 0.1) is 12.7 Å². The minimum Gasteiger partial charge on any atom is -0.489 e. The van der Waals surface area contributed by atoms with Crippen LogP contribution in [0.2, 0.25) is 36.3 Å². The Bertz CT molecular complexity index is 745. The van der Waals surface area contributed by atoms with E-state index in [0.717, 1.165) is 12.0 Å². The SMILES string of the molecule is CC(C)(C)[Si](C)(C)OC[C@@H]1C[C@H](O[Si](C)(C)C(C)(C)C)C=C([C@H](O)c2ccccc2)O1. The molecule has 0 aromatic heterocycles. The fourth-order valence-electron chi connectivity index (χ4n) is 3.00. The molecule has 31 heavy (non-hydrogen) atoms. The molecule has 0 saturated carbocycles. The highest BCUT2D eigenvalue weighted by molar-refractivity contribution is 6.74. The summed E-state index contributed by atoms with van der Waals surface area (Å²) in [4.78, 5) is 0. The first-order valence-corrected chi connectivity index (χ1v) is 17.3. The average Bonchev–Trinajstić information content (AvgIpc) is 2.64. The van der Waals surface area contributed by atoms with E-state index in [1.807, 2.05) is 36.4 Å². The molecule has 0 aliphatic carbocycles. The van der Waals surface area contributed by atoms with Crippen molar-refractivity contribution in [2.45, 2.75) is 103 Å². The van der Waals surface area contributed by atoms with Gasteiger partial charge in [-0.2, -0.15) is 0 Å². The number of hydrogen-bond acceptors (Lipinski definition) is 4. The van der Waals surface area contributed by atoms with Crippen LogP contribution in [0.25, 0.3) is 0 Å². The second-order valence-electron chi connectivity index (χ2n) is 11.8. The Morgan fingerprint density at radius 2 is 1.52 bits per heavy atom. The van der Waals surface area contributed by atoms with Gasteiger partial charge in [-0.25, -0.2) is 0 Å². The van der Waals surface area contributed by atoms with E-state index in [-0.39, 0.29) is 22.3 Å². The lowest BCUT2D eigenvalue weighted by molar-refractivity contribution is -0.0150. The van der Waals surface area contributed by atoms with Crippen LogP contribution in [0.15, 0.2) is 42.2 Å². The zero-order chi connectivity index (χ0) is 23.7. The summed E-state index contributed by atoms with van der Waals surface area (Å²) in [6, 6.07) is 9.67. The number of ether oxygens (including phenoxy) is 1.